The molecule has 13 nitrogen and oxygen atoms in total. The molecule has 1 aliphatic heterocycles. The number of fused-ring (bicyclic) bond motifs is 1. The fraction of sp³-hybridized carbons (Fsp3) is 0.304. The number of ether oxygens (including phenoxy) is 3. The molecular formula is C23H22N7O6S2-. The molecule has 5 heterocycles. The summed E-state index contributed by atoms with van der Waals surface area (Å²) in [6, 6.07) is 5.17. The predicted octanol–water partition coefficient (Wildman–Crippen LogP) is 2.50. The first-order valence-corrected chi connectivity index (χ1v) is 13.4. The Bertz CT molecular complexity index is 1460. The number of rotatable bonds is 8. The van der Waals surface area contributed by atoms with Crippen LogP contribution in [0.25, 0.3) is 21.6 Å². The lowest BCUT2D eigenvalue weighted by Gasteiger charge is -2.28. The third-order valence-electron chi connectivity index (χ3n) is 5.54. The van der Waals surface area contributed by atoms with Crippen LogP contribution in [0.4, 0.5) is 16.8 Å². The van der Waals surface area contributed by atoms with Crippen molar-refractivity contribution in [2.24, 2.45) is 0 Å². The average Bonchev–Trinajstić information content (AvgIpc) is 3.37. The maximum absolute atomic E-state index is 12.3. The van der Waals surface area contributed by atoms with Crippen LogP contribution in [-0.2, 0) is 20.7 Å². The molecule has 5 rings (SSSR count). The highest BCUT2D eigenvalue weighted by molar-refractivity contribution is 7.81. The number of aromatic nitrogens is 5. The van der Waals surface area contributed by atoms with Crippen molar-refractivity contribution in [3.63, 3.8) is 0 Å². The van der Waals surface area contributed by atoms with Gasteiger partial charge < -0.3 is 23.7 Å². The number of carbonyl (C=O) groups excluding carboxylic acids is 1. The molecule has 1 saturated heterocycles. The first kappa shape index (κ1) is 25.8. The topological polar surface area (TPSA) is 156 Å². The van der Waals surface area contributed by atoms with Crippen LogP contribution in [0.15, 0.2) is 36.8 Å². The molecule has 0 aliphatic carbocycles. The van der Waals surface area contributed by atoms with E-state index in [1.807, 2.05) is 0 Å². The fourth-order valence-electron chi connectivity index (χ4n) is 3.74. The van der Waals surface area contributed by atoms with Gasteiger partial charge in [0.15, 0.2) is 11.6 Å². The van der Waals surface area contributed by atoms with E-state index in [9.17, 15) is 13.6 Å². The Morgan fingerprint density at radius 3 is 2.58 bits per heavy atom. The van der Waals surface area contributed by atoms with Gasteiger partial charge in [0.2, 0.25) is 11.8 Å². The van der Waals surface area contributed by atoms with Gasteiger partial charge in [-0.25, -0.2) is 34.0 Å². The van der Waals surface area contributed by atoms with E-state index in [1.54, 1.807) is 31.3 Å². The highest BCUT2D eigenvalue weighted by atomic mass is 32.2. The molecule has 4 aromatic rings. The number of esters is 1. The highest BCUT2D eigenvalue weighted by Gasteiger charge is 2.24. The average molecular weight is 557 g/mol. The molecule has 1 fully saturated rings. The van der Waals surface area contributed by atoms with E-state index < -0.39 is 17.2 Å². The number of methoxy groups -OCH3 is 1. The largest absolute Gasteiger partial charge is 0.755 e. The third-order valence-corrected chi connectivity index (χ3v) is 7.41. The van der Waals surface area contributed by atoms with E-state index in [2.05, 4.69) is 19.9 Å². The first-order valence-electron chi connectivity index (χ1n) is 11.5. The van der Waals surface area contributed by atoms with Crippen LogP contribution in [0.1, 0.15) is 17.3 Å². The Labute approximate surface area is 223 Å². The van der Waals surface area contributed by atoms with E-state index in [-0.39, 0.29) is 18.1 Å². The van der Waals surface area contributed by atoms with Crippen molar-refractivity contribution >= 4 is 55.6 Å². The molecule has 1 aliphatic rings. The van der Waals surface area contributed by atoms with Crippen molar-refractivity contribution in [3.05, 3.63) is 42.4 Å². The molecule has 0 bridgehead atoms. The normalized spacial score (nSPS) is 14.3. The molecule has 0 N–H and O–H groups in total. The van der Waals surface area contributed by atoms with Crippen molar-refractivity contribution in [2.75, 3.05) is 49.2 Å². The van der Waals surface area contributed by atoms with Gasteiger partial charge in [0.05, 0.1) is 54.0 Å². The second-order valence-electron chi connectivity index (χ2n) is 7.86. The summed E-state index contributed by atoms with van der Waals surface area (Å²) >= 11 is -1.57. The first-order chi connectivity index (χ1) is 18.5. The van der Waals surface area contributed by atoms with E-state index in [1.165, 1.54) is 30.8 Å². The fourth-order valence-corrected chi connectivity index (χ4v) is 5.48. The third kappa shape index (κ3) is 5.26. The van der Waals surface area contributed by atoms with Crippen molar-refractivity contribution < 1.29 is 27.8 Å². The number of carbonyl (C=O) groups is 1. The van der Waals surface area contributed by atoms with Crippen LogP contribution in [0.3, 0.4) is 0 Å². The minimum Gasteiger partial charge on any atom is -0.755 e. The molecule has 4 aromatic heterocycles. The summed E-state index contributed by atoms with van der Waals surface area (Å²) in [5.74, 6) is 0.836. The number of hydrogen-bond acceptors (Lipinski definition) is 13. The summed E-state index contributed by atoms with van der Waals surface area (Å²) in [5, 5.41) is 0.311. The Balaban J connectivity index is 1.58. The molecule has 0 aromatic carbocycles. The number of morpholine rings is 1. The van der Waals surface area contributed by atoms with E-state index in [4.69, 9.17) is 24.2 Å². The Hall–Kier alpha value is -3.79. The van der Waals surface area contributed by atoms with Crippen LogP contribution in [0, 0.1) is 0 Å². The molecule has 0 radical (unpaired) electrons. The zero-order valence-electron chi connectivity index (χ0n) is 20.4. The summed E-state index contributed by atoms with van der Waals surface area (Å²) in [4.78, 5) is 36.0. The summed E-state index contributed by atoms with van der Waals surface area (Å²) in [6.45, 7) is 4.20. The molecule has 15 heteroatoms. The lowest BCUT2D eigenvalue weighted by atomic mass is 10.2. The number of pyridine rings is 1. The SMILES string of the molecule is CCOC(=O)c1cnc(N(c2cc3nc(-c4ccc(OC)nc4)nc(N4CCOCC4)c3s2)S(=O)[O-])nc1. The maximum Gasteiger partial charge on any atom is 0.341 e. The summed E-state index contributed by atoms with van der Waals surface area (Å²) < 4.78 is 41.9. The molecule has 1 unspecified atom stereocenters. The minimum absolute atomic E-state index is 0.113. The number of thiophene rings is 1. The Morgan fingerprint density at radius 2 is 1.95 bits per heavy atom. The van der Waals surface area contributed by atoms with Crippen molar-refractivity contribution in [1.82, 2.24) is 24.9 Å². The van der Waals surface area contributed by atoms with Gasteiger partial charge in [-0.15, -0.1) is 11.3 Å². The van der Waals surface area contributed by atoms with Crippen molar-refractivity contribution in [2.45, 2.75) is 6.92 Å². The molecule has 0 saturated carbocycles. The van der Waals surface area contributed by atoms with Crippen LogP contribution >= 0.6 is 11.3 Å². The molecule has 38 heavy (non-hydrogen) atoms. The highest BCUT2D eigenvalue weighted by Crippen LogP contribution is 2.40. The van der Waals surface area contributed by atoms with Crippen LogP contribution in [0.5, 0.6) is 5.88 Å². The molecule has 0 amide bonds. The van der Waals surface area contributed by atoms with Gasteiger partial charge in [0.25, 0.3) is 0 Å². The van der Waals surface area contributed by atoms with Gasteiger partial charge >= 0.3 is 5.97 Å². The lowest BCUT2D eigenvalue weighted by molar-refractivity contribution is 0.0525. The second kappa shape index (κ2) is 11.3. The smallest absolute Gasteiger partial charge is 0.341 e. The Kier molecular flexibility index (Phi) is 7.69. The van der Waals surface area contributed by atoms with Gasteiger partial charge in [0, 0.05) is 49.4 Å². The molecule has 0 spiro atoms. The summed E-state index contributed by atoms with van der Waals surface area (Å²) in [7, 11) is 1.54. The van der Waals surface area contributed by atoms with Crippen LogP contribution in [0.2, 0.25) is 0 Å². The van der Waals surface area contributed by atoms with Crippen LogP contribution in [-0.4, -0.2) is 79.7 Å². The standard InChI is InChI=1S/C23H23N7O6S2/c1-3-36-22(31)15-12-25-23(26-13-15)30(38(32)33)18-10-16-19(37-18)21(29-6-8-35-9-7-29)28-20(27-16)14-4-5-17(34-2)24-11-14/h4-5,10-13H,3,6-9H2,1-2H3,(H,32,33)/p-1. The number of hydrogen-bond donors (Lipinski definition) is 0. The summed E-state index contributed by atoms with van der Waals surface area (Å²) in [5.41, 5.74) is 1.34. The maximum atomic E-state index is 12.3. The zero-order valence-corrected chi connectivity index (χ0v) is 22.0. The number of anilines is 3. The molecule has 198 valence electrons. The van der Waals surface area contributed by atoms with E-state index >= 15 is 0 Å². The van der Waals surface area contributed by atoms with Gasteiger partial charge in [-0.05, 0) is 13.0 Å². The van der Waals surface area contributed by atoms with E-state index in [0.29, 0.717) is 64.6 Å². The van der Waals surface area contributed by atoms with Gasteiger partial charge in [0.1, 0.15) is 5.00 Å². The molecule has 1 atom stereocenters. The minimum atomic E-state index is -2.76. The van der Waals surface area contributed by atoms with E-state index in [0.717, 1.165) is 4.31 Å². The van der Waals surface area contributed by atoms with Crippen molar-refractivity contribution in [1.29, 1.82) is 0 Å². The van der Waals surface area contributed by atoms with Crippen molar-refractivity contribution in [3.8, 4) is 17.3 Å². The van der Waals surface area contributed by atoms with Gasteiger partial charge in [-0.3, -0.25) is 4.21 Å². The second-order valence-corrected chi connectivity index (χ2v) is 9.69. The Morgan fingerprint density at radius 1 is 1.18 bits per heavy atom. The zero-order chi connectivity index (χ0) is 26.6. The summed E-state index contributed by atoms with van der Waals surface area (Å²) in [6.07, 6.45) is 4.07. The quantitative estimate of drug-likeness (QED) is 0.231. The molecular weight excluding hydrogens is 534 g/mol. The van der Waals surface area contributed by atoms with Gasteiger partial charge in [-0.1, -0.05) is 0 Å². The van der Waals surface area contributed by atoms with Gasteiger partial charge in [-0.2, -0.15) is 0 Å². The predicted molar refractivity (Wildman–Crippen MR) is 139 cm³/mol. The number of nitrogens with zero attached hydrogens (tertiary/aromatic N) is 7. The monoisotopic (exact) mass is 556 g/mol. The van der Waals surface area contributed by atoms with Crippen LogP contribution < -0.4 is 13.9 Å². The lowest BCUT2D eigenvalue weighted by Crippen LogP contribution is -2.36.